The minimum absolute atomic E-state index is 0.750. The summed E-state index contributed by atoms with van der Waals surface area (Å²) in [4.78, 5) is 1.51. The van der Waals surface area contributed by atoms with Crippen LogP contribution in [0.2, 0.25) is 0 Å². The van der Waals surface area contributed by atoms with Gasteiger partial charge in [0.05, 0.1) is 0 Å². The van der Waals surface area contributed by atoms with E-state index in [0.717, 1.165) is 18.5 Å². The fourth-order valence-corrected chi connectivity index (χ4v) is 3.29. The number of thiophene rings is 1. The lowest BCUT2D eigenvalue weighted by Gasteiger charge is -2.29. The van der Waals surface area contributed by atoms with Crippen molar-refractivity contribution in [2.24, 2.45) is 5.92 Å². The van der Waals surface area contributed by atoms with Crippen molar-refractivity contribution in [2.75, 3.05) is 0 Å². The van der Waals surface area contributed by atoms with Crippen molar-refractivity contribution in [3.63, 3.8) is 0 Å². The van der Waals surface area contributed by atoms with Gasteiger partial charge in [-0.25, -0.2) is 0 Å². The average Bonchev–Trinajstić information content (AvgIpc) is 2.63. The van der Waals surface area contributed by atoms with E-state index < -0.39 is 0 Å². The number of hydrogen-bond acceptors (Lipinski definition) is 2. The summed E-state index contributed by atoms with van der Waals surface area (Å²) in [6, 6.07) is 2.96. The van der Waals surface area contributed by atoms with Gasteiger partial charge in [0, 0.05) is 17.5 Å². The van der Waals surface area contributed by atoms with Crippen LogP contribution in [0.25, 0.3) is 0 Å². The summed E-state index contributed by atoms with van der Waals surface area (Å²) in [5.41, 5.74) is 1.44. The Labute approximate surface area is 96.9 Å². The molecule has 1 aliphatic rings. The van der Waals surface area contributed by atoms with Crippen molar-refractivity contribution in [2.45, 2.75) is 52.1 Å². The molecule has 1 aliphatic carbocycles. The number of rotatable bonds is 3. The molecule has 0 aliphatic heterocycles. The van der Waals surface area contributed by atoms with Crippen molar-refractivity contribution in [1.29, 1.82) is 0 Å². The SMILES string of the molecule is Cc1ccsc1CNC1CCCCC1C. The molecule has 1 aromatic rings. The van der Waals surface area contributed by atoms with E-state index in [1.807, 2.05) is 11.3 Å². The van der Waals surface area contributed by atoms with Gasteiger partial charge in [0.1, 0.15) is 0 Å². The van der Waals surface area contributed by atoms with E-state index in [9.17, 15) is 0 Å². The summed E-state index contributed by atoms with van der Waals surface area (Å²) in [6.07, 6.45) is 5.61. The molecule has 0 aromatic carbocycles. The summed E-state index contributed by atoms with van der Waals surface area (Å²) < 4.78 is 0. The maximum absolute atomic E-state index is 3.72. The van der Waals surface area contributed by atoms with Gasteiger partial charge in [-0.3, -0.25) is 0 Å². The third-order valence-electron chi connectivity index (χ3n) is 3.60. The Morgan fingerprint density at radius 1 is 1.40 bits per heavy atom. The van der Waals surface area contributed by atoms with E-state index in [1.165, 1.54) is 36.1 Å². The molecule has 0 bridgehead atoms. The van der Waals surface area contributed by atoms with E-state index in [0.29, 0.717) is 0 Å². The van der Waals surface area contributed by atoms with E-state index >= 15 is 0 Å². The van der Waals surface area contributed by atoms with Crippen LogP contribution >= 0.6 is 11.3 Å². The topological polar surface area (TPSA) is 12.0 Å². The molecule has 1 heterocycles. The highest BCUT2D eigenvalue weighted by Gasteiger charge is 2.20. The quantitative estimate of drug-likeness (QED) is 0.823. The molecule has 2 atom stereocenters. The highest BCUT2D eigenvalue weighted by atomic mass is 32.1. The Hall–Kier alpha value is -0.340. The lowest BCUT2D eigenvalue weighted by atomic mass is 9.86. The second-order valence-corrected chi connectivity index (χ2v) is 5.78. The van der Waals surface area contributed by atoms with Crippen LogP contribution in [0.3, 0.4) is 0 Å². The third kappa shape index (κ3) is 2.82. The Kier molecular flexibility index (Phi) is 3.81. The predicted molar refractivity (Wildman–Crippen MR) is 67.3 cm³/mol. The average molecular weight is 223 g/mol. The molecule has 1 nitrogen and oxygen atoms in total. The number of aryl methyl sites for hydroxylation is 1. The van der Waals surface area contributed by atoms with Crippen LogP contribution in [0.4, 0.5) is 0 Å². The van der Waals surface area contributed by atoms with Crippen LogP contribution in [0.15, 0.2) is 11.4 Å². The maximum atomic E-state index is 3.72. The predicted octanol–water partition coefficient (Wildman–Crippen LogP) is 3.72. The largest absolute Gasteiger partial charge is 0.309 e. The molecule has 2 heteroatoms. The highest BCUT2D eigenvalue weighted by Crippen LogP contribution is 2.24. The molecular weight excluding hydrogens is 202 g/mol. The van der Waals surface area contributed by atoms with Gasteiger partial charge in [0.2, 0.25) is 0 Å². The van der Waals surface area contributed by atoms with Gasteiger partial charge in [0.25, 0.3) is 0 Å². The zero-order chi connectivity index (χ0) is 10.7. The molecule has 15 heavy (non-hydrogen) atoms. The van der Waals surface area contributed by atoms with Crippen molar-refractivity contribution in [3.8, 4) is 0 Å². The molecule has 2 rings (SSSR count). The minimum Gasteiger partial charge on any atom is -0.309 e. The molecule has 1 aromatic heterocycles. The molecule has 1 saturated carbocycles. The zero-order valence-electron chi connectivity index (χ0n) is 9.75. The van der Waals surface area contributed by atoms with E-state index in [4.69, 9.17) is 0 Å². The van der Waals surface area contributed by atoms with Gasteiger partial charge in [-0.2, -0.15) is 0 Å². The Balaban J connectivity index is 1.84. The molecule has 0 radical (unpaired) electrons. The van der Waals surface area contributed by atoms with E-state index in [2.05, 4.69) is 30.6 Å². The fraction of sp³-hybridized carbons (Fsp3) is 0.692. The molecule has 0 spiro atoms. The van der Waals surface area contributed by atoms with Crippen molar-refractivity contribution in [1.82, 2.24) is 5.32 Å². The molecule has 1 N–H and O–H groups in total. The van der Waals surface area contributed by atoms with Gasteiger partial charge in [-0.1, -0.05) is 19.8 Å². The molecule has 0 saturated heterocycles. The third-order valence-corrected chi connectivity index (χ3v) is 4.63. The summed E-state index contributed by atoms with van der Waals surface area (Å²) in [5, 5.41) is 5.92. The first-order valence-electron chi connectivity index (χ1n) is 6.03. The Morgan fingerprint density at radius 3 is 2.87 bits per heavy atom. The molecule has 84 valence electrons. The molecule has 2 unspecified atom stereocenters. The zero-order valence-corrected chi connectivity index (χ0v) is 10.6. The van der Waals surface area contributed by atoms with Crippen LogP contribution in [-0.2, 0) is 6.54 Å². The fourth-order valence-electron chi connectivity index (χ4n) is 2.43. The first-order valence-corrected chi connectivity index (χ1v) is 6.91. The lowest BCUT2D eigenvalue weighted by molar-refractivity contribution is 0.280. The van der Waals surface area contributed by atoms with Crippen LogP contribution in [0.1, 0.15) is 43.0 Å². The minimum atomic E-state index is 0.750. The van der Waals surface area contributed by atoms with Gasteiger partial charge in [-0.05, 0) is 42.7 Å². The molecular formula is C13H21NS. The van der Waals surface area contributed by atoms with Gasteiger partial charge >= 0.3 is 0 Å². The van der Waals surface area contributed by atoms with Crippen molar-refractivity contribution in [3.05, 3.63) is 21.9 Å². The summed E-state index contributed by atoms with van der Waals surface area (Å²) >= 11 is 1.88. The Morgan fingerprint density at radius 2 is 2.20 bits per heavy atom. The summed E-state index contributed by atoms with van der Waals surface area (Å²) in [6.45, 7) is 5.66. The summed E-state index contributed by atoms with van der Waals surface area (Å²) in [5.74, 6) is 0.860. The van der Waals surface area contributed by atoms with Gasteiger partial charge in [-0.15, -0.1) is 11.3 Å². The molecule has 0 amide bonds. The second-order valence-electron chi connectivity index (χ2n) is 4.78. The first-order chi connectivity index (χ1) is 7.27. The number of nitrogens with one attached hydrogen (secondary N) is 1. The normalized spacial score (nSPS) is 26.8. The molecule has 1 fully saturated rings. The Bertz CT molecular complexity index is 305. The van der Waals surface area contributed by atoms with Gasteiger partial charge < -0.3 is 5.32 Å². The van der Waals surface area contributed by atoms with Crippen molar-refractivity contribution < 1.29 is 0 Å². The van der Waals surface area contributed by atoms with Gasteiger partial charge in [0.15, 0.2) is 0 Å². The first kappa shape index (κ1) is 11.2. The second kappa shape index (κ2) is 5.13. The van der Waals surface area contributed by atoms with Crippen LogP contribution in [-0.4, -0.2) is 6.04 Å². The van der Waals surface area contributed by atoms with E-state index in [-0.39, 0.29) is 0 Å². The van der Waals surface area contributed by atoms with Crippen LogP contribution in [0, 0.1) is 12.8 Å². The lowest BCUT2D eigenvalue weighted by Crippen LogP contribution is -2.36. The van der Waals surface area contributed by atoms with Crippen LogP contribution < -0.4 is 5.32 Å². The van der Waals surface area contributed by atoms with Crippen LogP contribution in [0.5, 0.6) is 0 Å². The standard InChI is InChI=1S/C13H21NS/c1-10-5-3-4-6-12(10)14-9-13-11(2)7-8-15-13/h7-8,10,12,14H,3-6,9H2,1-2H3. The monoisotopic (exact) mass is 223 g/mol. The van der Waals surface area contributed by atoms with Crippen molar-refractivity contribution >= 4 is 11.3 Å². The van der Waals surface area contributed by atoms with E-state index in [1.54, 1.807) is 0 Å². The highest BCUT2D eigenvalue weighted by molar-refractivity contribution is 7.10. The smallest absolute Gasteiger partial charge is 0.0305 e. The number of hydrogen-bond donors (Lipinski definition) is 1. The summed E-state index contributed by atoms with van der Waals surface area (Å²) in [7, 11) is 0. The maximum Gasteiger partial charge on any atom is 0.0305 e.